The molecule has 0 aliphatic heterocycles. The molecule has 0 spiro atoms. The molecule has 0 amide bonds. The third-order valence-electron chi connectivity index (χ3n) is 0.992. The third-order valence-corrected chi connectivity index (χ3v) is 2.24. The van der Waals surface area contributed by atoms with Gasteiger partial charge in [0.1, 0.15) is 5.01 Å². The van der Waals surface area contributed by atoms with Crippen LogP contribution >= 0.6 is 22.9 Å². The van der Waals surface area contributed by atoms with E-state index in [2.05, 4.69) is 10.2 Å². The molecule has 5 heteroatoms. The number of ether oxygens (including phenoxy) is 1. The third kappa shape index (κ3) is 2.63. The molecular weight excluding hydrogens is 184 g/mol. The molecule has 0 saturated heterocycles. The number of halogens is 1. The molecule has 0 aliphatic rings. The lowest BCUT2D eigenvalue weighted by atomic mass is 10.5. The Balaban J connectivity index is 2.44. The predicted octanol–water partition coefficient (Wildman–Crippen LogP) is 2.07. The fourth-order valence-corrected chi connectivity index (χ4v) is 1.32. The second kappa shape index (κ2) is 4.51. The molecule has 1 rings (SSSR count). The van der Waals surface area contributed by atoms with Crippen molar-refractivity contribution in [3.05, 3.63) is 5.01 Å². The van der Waals surface area contributed by atoms with Gasteiger partial charge >= 0.3 is 0 Å². The van der Waals surface area contributed by atoms with E-state index in [1.807, 2.05) is 6.92 Å². The second-order valence-electron chi connectivity index (χ2n) is 1.94. The topological polar surface area (TPSA) is 35.0 Å². The van der Waals surface area contributed by atoms with Crippen molar-refractivity contribution in [2.45, 2.75) is 19.2 Å². The Morgan fingerprint density at radius 1 is 1.55 bits per heavy atom. The van der Waals surface area contributed by atoms with Crippen LogP contribution in [0.5, 0.6) is 5.19 Å². The zero-order chi connectivity index (χ0) is 8.10. The predicted molar refractivity (Wildman–Crippen MR) is 45.3 cm³/mol. The van der Waals surface area contributed by atoms with Gasteiger partial charge < -0.3 is 4.74 Å². The normalized spacial score (nSPS) is 10.0. The molecule has 0 unspecified atom stereocenters. The van der Waals surface area contributed by atoms with Gasteiger partial charge in [0.15, 0.2) is 0 Å². The van der Waals surface area contributed by atoms with Crippen LogP contribution in [0, 0.1) is 0 Å². The van der Waals surface area contributed by atoms with Crippen molar-refractivity contribution in [3.8, 4) is 5.19 Å². The molecule has 0 aliphatic carbocycles. The molecule has 0 aromatic carbocycles. The lowest BCUT2D eigenvalue weighted by Gasteiger charge is -1.94. The van der Waals surface area contributed by atoms with Gasteiger partial charge in [-0.1, -0.05) is 18.3 Å². The van der Waals surface area contributed by atoms with Gasteiger partial charge in [-0.3, -0.25) is 0 Å². The van der Waals surface area contributed by atoms with E-state index in [4.69, 9.17) is 16.3 Å². The number of rotatable bonds is 4. The van der Waals surface area contributed by atoms with Crippen molar-refractivity contribution >= 4 is 22.9 Å². The standard InChI is InChI=1S/C6H9ClN2OS/c1-2-3-10-6-9-8-5(4-7)11-6/h2-4H2,1H3. The summed E-state index contributed by atoms with van der Waals surface area (Å²) in [4.78, 5) is 0. The SMILES string of the molecule is CCCOc1nnc(CCl)s1. The zero-order valence-corrected chi connectivity index (χ0v) is 7.78. The number of nitrogens with zero attached hydrogens (tertiary/aromatic N) is 2. The van der Waals surface area contributed by atoms with Gasteiger partial charge in [-0.2, -0.15) is 0 Å². The molecule has 1 aromatic rings. The van der Waals surface area contributed by atoms with Gasteiger partial charge in [0.2, 0.25) is 0 Å². The fraction of sp³-hybridized carbons (Fsp3) is 0.667. The van der Waals surface area contributed by atoms with Gasteiger partial charge in [-0.15, -0.1) is 21.8 Å². The number of hydrogen-bond donors (Lipinski definition) is 0. The molecule has 1 heterocycles. The van der Waals surface area contributed by atoms with Gasteiger partial charge in [0.25, 0.3) is 5.19 Å². The highest BCUT2D eigenvalue weighted by atomic mass is 35.5. The number of aromatic nitrogens is 2. The fourth-order valence-electron chi connectivity index (χ4n) is 0.540. The maximum Gasteiger partial charge on any atom is 0.294 e. The van der Waals surface area contributed by atoms with E-state index < -0.39 is 0 Å². The van der Waals surface area contributed by atoms with Crippen molar-refractivity contribution in [3.63, 3.8) is 0 Å². The van der Waals surface area contributed by atoms with Crippen LogP contribution < -0.4 is 4.74 Å². The molecular formula is C6H9ClN2OS. The Morgan fingerprint density at radius 3 is 2.91 bits per heavy atom. The van der Waals surface area contributed by atoms with E-state index in [1.54, 1.807) is 0 Å². The van der Waals surface area contributed by atoms with Crippen molar-refractivity contribution < 1.29 is 4.74 Å². The van der Waals surface area contributed by atoms with Crippen LogP contribution in [0.1, 0.15) is 18.4 Å². The van der Waals surface area contributed by atoms with E-state index in [0.29, 0.717) is 17.7 Å². The molecule has 3 nitrogen and oxygen atoms in total. The summed E-state index contributed by atoms with van der Waals surface area (Å²) in [6, 6.07) is 0. The van der Waals surface area contributed by atoms with Crippen LogP contribution in [0.25, 0.3) is 0 Å². The van der Waals surface area contributed by atoms with E-state index in [0.717, 1.165) is 11.4 Å². The summed E-state index contributed by atoms with van der Waals surface area (Å²) >= 11 is 6.92. The smallest absolute Gasteiger partial charge is 0.294 e. The Labute approximate surface area is 74.4 Å². The summed E-state index contributed by atoms with van der Waals surface area (Å²) in [7, 11) is 0. The first-order valence-corrected chi connectivity index (χ1v) is 4.73. The Bertz CT molecular complexity index is 216. The molecule has 0 saturated carbocycles. The molecule has 0 atom stereocenters. The first-order chi connectivity index (χ1) is 5.36. The highest BCUT2D eigenvalue weighted by Gasteiger charge is 2.01. The molecule has 62 valence electrons. The quantitative estimate of drug-likeness (QED) is 0.686. The van der Waals surface area contributed by atoms with E-state index >= 15 is 0 Å². The molecule has 0 bridgehead atoms. The average Bonchev–Trinajstić information content (AvgIpc) is 2.48. The van der Waals surface area contributed by atoms with Crippen LogP contribution in [-0.4, -0.2) is 16.8 Å². The maximum absolute atomic E-state index is 5.53. The summed E-state index contributed by atoms with van der Waals surface area (Å²) in [5.74, 6) is 0.410. The van der Waals surface area contributed by atoms with Crippen LogP contribution in [0.2, 0.25) is 0 Å². The molecule has 1 aromatic heterocycles. The summed E-state index contributed by atoms with van der Waals surface area (Å²) in [6.45, 7) is 2.74. The monoisotopic (exact) mass is 192 g/mol. The summed E-state index contributed by atoms with van der Waals surface area (Å²) in [5, 5.41) is 9.00. The van der Waals surface area contributed by atoms with Crippen LogP contribution in [0.3, 0.4) is 0 Å². The van der Waals surface area contributed by atoms with Crippen molar-refractivity contribution in [1.29, 1.82) is 0 Å². The van der Waals surface area contributed by atoms with E-state index in [-0.39, 0.29) is 0 Å². The zero-order valence-electron chi connectivity index (χ0n) is 6.21. The number of alkyl halides is 1. The maximum atomic E-state index is 5.53. The van der Waals surface area contributed by atoms with Gasteiger partial charge in [0, 0.05) is 0 Å². The van der Waals surface area contributed by atoms with Crippen molar-refractivity contribution in [1.82, 2.24) is 10.2 Å². The lowest BCUT2D eigenvalue weighted by Crippen LogP contribution is -1.93. The Hall–Kier alpha value is -0.350. The summed E-state index contributed by atoms with van der Waals surface area (Å²) < 4.78 is 5.22. The largest absolute Gasteiger partial charge is 0.469 e. The Kier molecular flexibility index (Phi) is 3.59. The van der Waals surface area contributed by atoms with E-state index in [9.17, 15) is 0 Å². The van der Waals surface area contributed by atoms with Crippen molar-refractivity contribution in [2.24, 2.45) is 0 Å². The second-order valence-corrected chi connectivity index (χ2v) is 3.24. The lowest BCUT2D eigenvalue weighted by molar-refractivity contribution is 0.313. The molecule has 0 N–H and O–H groups in total. The van der Waals surface area contributed by atoms with Crippen molar-refractivity contribution in [2.75, 3.05) is 6.61 Å². The van der Waals surface area contributed by atoms with Crippen LogP contribution in [-0.2, 0) is 5.88 Å². The highest BCUT2D eigenvalue weighted by molar-refractivity contribution is 7.13. The first-order valence-electron chi connectivity index (χ1n) is 3.38. The minimum absolute atomic E-state index is 0.410. The van der Waals surface area contributed by atoms with Gasteiger partial charge in [0.05, 0.1) is 12.5 Å². The average molecular weight is 193 g/mol. The summed E-state index contributed by atoms with van der Waals surface area (Å²) in [5.41, 5.74) is 0. The molecule has 11 heavy (non-hydrogen) atoms. The van der Waals surface area contributed by atoms with Gasteiger partial charge in [-0.25, -0.2) is 0 Å². The molecule has 0 fully saturated rings. The van der Waals surface area contributed by atoms with Gasteiger partial charge in [-0.05, 0) is 6.42 Å². The Morgan fingerprint density at radius 2 is 2.36 bits per heavy atom. The minimum Gasteiger partial charge on any atom is -0.469 e. The summed E-state index contributed by atoms with van der Waals surface area (Å²) in [6.07, 6.45) is 0.982. The van der Waals surface area contributed by atoms with E-state index in [1.165, 1.54) is 11.3 Å². The number of hydrogen-bond acceptors (Lipinski definition) is 4. The van der Waals surface area contributed by atoms with Crippen LogP contribution in [0.4, 0.5) is 0 Å². The first kappa shape index (κ1) is 8.74. The highest BCUT2D eigenvalue weighted by Crippen LogP contribution is 2.18. The molecule has 0 radical (unpaired) electrons. The van der Waals surface area contributed by atoms with Crippen LogP contribution in [0.15, 0.2) is 0 Å². The minimum atomic E-state index is 0.410.